The van der Waals surface area contributed by atoms with Crippen LogP contribution in [0.4, 0.5) is 24.8 Å². The molecule has 0 radical (unpaired) electrons. The number of nitrogens with one attached hydrogen (secondary N) is 1. The minimum Gasteiger partial charge on any atom is -0.406 e. The van der Waals surface area contributed by atoms with Gasteiger partial charge in [0.2, 0.25) is 0 Å². The molecule has 0 amide bonds. The predicted molar refractivity (Wildman–Crippen MR) is 63.5 cm³/mol. The Kier molecular flexibility index (Phi) is 4.87. The van der Waals surface area contributed by atoms with E-state index in [1.165, 1.54) is 18.7 Å². The summed E-state index contributed by atoms with van der Waals surface area (Å²) < 4.78 is 39.8. The van der Waals surface area contributed by atoms with Crippen LogP contribution in [0.3, 0.4) is 0 Å². The van der Waals surface area contributed by atoms with Gasteiger partial charge < -0.3 is 10.1 Å². The van der Waals surface area contributed by atoms with Crippen LogP contribution in [0.5, 0.6) is 5.75 Å². The first kappa shape index (κ1) is 15.0. The molecular weight excluding hydrogens is 285 g/mol. The molecule has 0 fully saturated rings. The van der Waals surface area contributed by atoms with Gasteiger partial charge in [-0.25, -0.2) is 15.0 Å². The standard InChI is InChI=1S/C10H7F3N4O.ClH/c11-10(12,13)18-7-1-4-15-9(5-7)17-8-2-3-14-6-16-8;/h1-6H,(H,14,15,16,17);1H. The highest BCUT2D eigenvalue weighted by atomic mass is 35.5. The van der Waals surface area contributed by atoms with Gasteiger partial charge in [-0.05, 0) is 12.1 Å². The van der Waals surface area contributed by atoms with Gasteiger partial charge in [0.05, 0.1) is 0 Å². The fourth-order valence-corrected chi connectivity index (χ4v) is 1.17. The number of anilines is 2. The molecule has 9 heteroatoms. The summed E-state index contributed by atoms with van der Waals surface area (Å²) in [5.41, 5.74) is 0. The van der Waals surface area contributed by atoms with Crippen LogP contribution in [0.1, 0.15) is 0 Å². The van der Waals surface area contributed by atoms with Gasteiger partial charge in [-0.1, -0.05) is 0 Å². The number of alkyl halides is 3. The molecule has 0 atom stereocenters. The highest BCUT2D eigenvalue weighted by Gasteiger charge is 2.31. The summed E-state index contributed by atoms with van der Waals surface area (Å²) in [5, 5.41) is 2.72. The van der Waals surface area contributed by atoms with Crippen molar-refractivity contribution in [1.29, 1.82) is 0 Å². The lowest BCUT2D eigenvalue weighted by molar-refractivity contribution is -0.274. The number of hydrogen-bond acceptors (Lipinski definition) is 5. The summed E-state index contributed by atoms with van der Waals surface area (Å²) in [6.45, 7) is 0. The largest absolute Gasteiger partial charge is 0.573 e. The van der Waals surface area contributed by atoms with E-state index in [1.54, 1.807) is 6.07 Å². The first-order chi connectivity index (χ1) is 8.53. The molecule has 5 nitrogen and oxygen atoms in total. The van der Waals surface area contributed by atoms with Crippen LogP contribution in [-0.4, -0.2) is 21.3 Å². The first-order valence-electron chi connectivity index (χ1n) is 4.78. The quantitative estimate of drug-likeness (QED) is 0.942. The Morgan fingerprint density at radius 3 is 2.47 bits per heavy atom. The van der Waals surface area contributed by atoms with Crippen LogP contribution >= 0.6 is 12.4 Å². The first-order valence-corrected chi connectivity index (χ1v) is 4.78. The van der Waals surface area contributed by atoms with Gasteiger partial charge in [-0.2, -0.15) is 0 Å². The zero-order valence-electron chi connectivity index (χ0n) is 9.26. The Hall–Kier alpha value is -2.09. The molecule has 0 aromatic carbocycles. The molecule has 0 bridgehead atoms. The summed E-state index contributed by atoms with van der Waals surface area (Å²) in [4.78, 5) is 11.4. The lowest BCUT2D eigenvalue weighted by atomic mass is 10.4. The summed E-state index contributed by atoms with van der Waals surface area (Å²) in [6.07, 6.45) is -0.734. The van der Waals surface area contributed by atoms with Crippen molar-refractivity contribution < 1.29 is 17.9 Å². The van der Waals surface area contributed by atoms with E-state index in [1.807, 2.05) is 0 Å². The zero-order chi connectivity index (χ0) is 13.0. The van der Waals surface area contributed by atoms with Gasteiger partial charge in [-0.3, -0.25) is 0 Å². The van der Waals surface area contributed by atoms with Crippen molar-refractivity contribution in [3.05, 3.63) is 36.9 Å². The smallest absolute Gasteiger partial charge is 0.406 e. The van der Waals surface area contributed by atoms with E-state index < -0.39 is 6.36 Å². The fourth-order valence-electron chi connectivity index (χ4n) is 1.17. The van der Waals surface area contributed by atoms with Gasteiger partial charge in [0.15, 0.2) is 0 Å². The molecule has 1 N–H and O–H groups in total. The van der Waals surface area contributed by atoms with Crippen molar-refractivity contribution in [3.63, 3.8) is 0 Å². The molecule has 0 spiro atoms. The molecule has 19 heavy (non-hydrogen) atoms. The second-order valence-electron chi connectivity index (χ2n) is 3.14. The zero-order valence-corrected chi connectivity index (χ0v) is 10.1. The third-order valence-corrected chi connectivity index (χ3v) is 1.80. The second kappa shape index (κ2) is 6.19. The summed E-state index contributed by atoms with van der Waals surface area (Å²) in [5.74, 6) is 0.256. The van der Waals surface area contributed by atoms with E-state index in [2.05, 4.69) is 25.0 Å². The fraction of sp³-hybridized carbons (Fsp3) is 0.100. The molecule has 2 heterocycles. The molecule has 0 saturated heterocycles. The van der Waals surface area contributed by atoms with Crippen molar-refractivity contribution in [2.45, 2.75) is 6.36 Å². The van der Waals surface area contributed by atoms with Gasteiger partial charge >= 0.3 is 6.36 Å². The monoisotopic (exact) mass is 292 g/mol. The average molecular weight is 293 g/mol. The van der Waals surface area contributed by atoms with Crippen molar-refractivity contribution >= 4 is 24.0 Å². The molecule has 0 aliphatic rings. The number of nitrogens with zero attached hydrogens (tertiary/aromatic N) is 3. The van der Waals surface area contributed by atoms with Crippen molar-refractivity contribution in [1.82, 2.24) is 15.0 Å². The second-order valence-corrected chi connectivity index (χ2v) is 3.14. The molecular formula is C10H8ClF3N4O. The van der Waals surface area contributed by atoms with Crippen LogP contribution in [-0.2, 0) is 0 Å². The molecule has 2 aromatic heterocycles. The van der Waals surface area contributed by atoms with E-state index in [9.17, 15) is 13.2 Å². The molecule has 0 aliphatic carbocycles. The highest BCUT2D eigenvalue weighted by Crippen LogP contribution is 2.24. The average Bonchev–Trinajstić information content (AvgIpc) is 2.28. The maximum Gasteiger partial charge on any atom is 0.573 e. The van der Waals surface area contributed by atoms with Crippen LogP contribution in [0, 0.1) is 0 Å². The summed E-state index contributed by atoms with van der Waals surface area (Å²) >= 11 is 0. The number of aromatic nitrogens is 3. The molecule has 0 unspecified atom stereocenters. The van der Waals surface area contributed by atoms with Gasteiger partial charge in [-0.15, -0.1) is 25.6 Å². The normalized spacial score (nSPS) is 10.5. The Morgan fingerprint density at radius 1 is 1.05 bits per heavy atom. The van der Waals surface area contributed by atoms with Crippen molar-refractivity contribution in [3.8, 4) is 5.75 Å². The molecule has 2 aromatic rings. The number of pyridine rings is 1. The van der Waals surface area contributed by atoms with Crippen LogP contribution < -0.4 is 10.1 Å². The van der Waals surface area contributed by atoms with Gasteiger partial charge in [0.25, 0.3) is 0 Å². The molecule has 0 aliphatic heterocycles. The van der Waals surface area contributed by atoms with Gasteiger partial charge in [0.1, 0.15) is 23.7 Å². The number of halogens is 4. The topological polar surface area (TPSA) is 59.9 Å². The van der Waals surface area contributed by atoms with E-state index >= 15 is 0 Å². The Balaban J connectivity index is 0.00000180. The summed E-state index contributed by atoms with van der Waals surface area (Å²) in [7, 11) is 0. The molecule has 102 valence electrons. The van der Waals surface area contributed by atoms with Crippen LogP contribution in [0.2, 0.25) is 0 Å². The maximum absolute atomic E-state index is 12.0. The van der Waals surface area contributed by atoms with E-state index in [0.717, 1.165) is 12.1 Å². The SMILES string of the molecule is Cl.FC(F)(F)Oc1ccnc(Nc2ccncn2)c1. The lowest BCUT2D eigenvalue weighted by Crippen LogP contribution is -2.17. The minimum atomic E-state index is -4.73. The maximum atomic E-state index is 12.0. The van der Waals surface area contributed by atoms with Crippen molar-refractivity contribution in [2.24, 2.45) is 0 Å². The van der Waals surface area contributed by atoms with E-state index in [-0.39, 0.29) is 24.0 Å². The Morgan fingerprint density at radius 2 is 1.84 bits per heavy atom. The number of hydrogen-bond donors (Lipinski definition) is 1. The lowest BCUT2D eigenvalue weighted by Gasteiger charge is -2.10. The third-order valence-electron chi connectivity index (χ3n) is 1.80. The number of rotatable bonds is 3. The Labute approximate surface area is 112 Å². The minimum absolute atomic E-state index is 0. The Bertz CT molecular complexity index is 524. The third kappa shape index (κ3) is 4.96. The van der Waals surface area contributed by atoms with Crippen LogP contribution in [0.15, 0.2) is 36.9 Å². The van der Waals surface area contributed by atoms with Crippen LogP contribution in [0.25, 0.3) is 0 Å². The molecule has 2 rings (SSSR count). The summed E-state index contributed by atoms with van der Waals surface area (Å²) in [6, 6.07) is 3.78. The number of ether oxygens (including phenoxy) is 1. The van der Waals surface area contributed by atoms with Crippen molar-refractivity contribution in [2.75, 3.05) is 5.32 Å². The predicted octanol–water partition coefficient (Wildman–Crippen LogP) is 2.94. The van der Waals surface area contributed by atoms with E-state index in [0.29, 0.717) is 5.82 Å². The van der Waals surface area contributed by atoms with E-state index in [4.69, 9.17) is 0 Å². The molecule has 0 saturated carbocycles. The highest BCUT2D eigenvalue weighted by molar-refractivity contribution is 5.85. The van der Waals surface area contributed by atoms with Gasteiger partial charge in [0, 0.05) is 18.5 Å².